The van der Waals surface area contributed by atoms with Gasteiger partial charge in [0.15, 0.2) is 8.32 Å². The molecule has 2 atom stereocenters. The highest BCUT2D eigenvalue weighted by Gasteiger charge is 2.54. The van der Waals surface area contributed by atoms with Crippen LogP contribution in [0.1, 0.15) is 145 Å². The van der Waals surface area contributed by atoms with Crippen molar-refractivity contribution in [1.29, 1.82) is 0 Å². The van der Waals surface area contributed by atoms with Gasteiger partial charge in [-0.15, -0.1) is 0 Å². The molecule has 2 unspecified atom stereocenters. The number of rotatable bonds is 4. The second kappa shape index (κ2) is 11.3. The van der Waals surface area contributed by atoms with Crippen molar-refractivity contribution < 1.29 is 18.6 Å². The van der Waals surface area contributed by atoms with E-state index in [2.05, 4.69) is 92.7 Å². The number of nitrogens with zero attached hydrogens (tertiary/aromatic N) is 1. The van der Waals surface area contributed by atoms with E-state index in [4.69, 9.17) is 23.6 Å². The third-order valence-corrected chi connectivity index (χ3v) is 15.9. The third kappa shape index (κ3) is 5.87. The Morgan fingerprint density at radius 1 is 0.864 bits per heavy atom. The molecule has 0 bridgehead atoms. The van der Waals surface area contributed by atoms with E-state index >= 15 is 0 Å². The summed E-state index contributed by atoms with van der Waals surface area (Å²) in [4.78, 5) is 5.73. The SMILES string of the molecule is CC1(C)Cc2nc(C3CCOCC3)c3c(c2C(O[Si](C)(C)C(C)(C)C)C1)C1(CCOCC1)OC3c1ccc(C(C)(C)C)cc1. The maximum absolute atomic E-state index is 7.47. The van der Waals surface area contributed by atoms with Crippen molar-refractivity contribution in [3.63, 3.8) is 0 Å². The molecule has 0 saturated carbocycles. The highest BCUT2D eigenvalue weighted by molar-refractivity contribution is 6.74. The smallest absolute Gasteiger partial charge is 0.192 e. The van der Waals surface area contributed by atoms with Crippen molar-refractivity contribution in [3.8, 4) is 0 Å². The first-order valence-corrected chi connectivity index (χ1v) is 20.1. The molecule has 2 aromatic rings. The number of pyridine rings is 1. The molecule has 242 valence electrons. The largest absolute Gasteiger partial charge is 0.410 e. The Hall–Kier alpha value is -1.57. The van der Waals surface area contributed by atoms with Crippen molar-refractivity contribution >= 4 is 8.32 Å². The summed E-state index contributed by atoms with van der Waals surface area (Å²) in [6.07, 6.45) is 5.62. The molecule has 0 radical (unpaired) electrons. The van der Waals surface area contributed by atoms with Crippen LogP contribution in [0, 0.1) is 5.41 Å². The molecule has 2 fully saturated rings. The molecule has 4 aliphatic rings. The summed E-state index contributed by atoms with van der Waals surface area (Å²) in [5, 5.41) is 0.123. The van der Waals surface area contributed by atoms with Gasteiger partial charge in [-0.05, 0) is 71.3 Å². The zero-order chi connectivity index (χ0) is 31.7. The van der Waals surface area contributed by atoms with Crippen LogP contribution < -0.4 is 0 Å². The summed E-state index contributed by atoms with van der Waals surface area (Å²) in [6.45, 7) is 26.5. The molecular weight excluding hydrogens is 563 g/mol. The van der Waals surface area contributed by atoms with E-state index in [-0.39, 0.29) is 33.7 Å². The van der Waals surface area contributed by atoms with E-state index < -0.39 is 8.32 Å². The molecule has 44 heavy (non-hydrogen) atoms. The Bertz CT molecular complexity index is 1360. The number of hydrogen-bond donors (Lipinski definition) is 0. The van der Waals surface area contributed by atoms with E-state index in [0.29, 0.717) is 5.92 Å². The number of fused-ring (bicyclic) bond motifs is 4. The third-order valence-electron chi connectivity index (χ3n) is 11.4. The molecule has 1 aromatic carbocycles. The maximum Gasteiger partial charge on any atom is 0.192 e. The van der Waals surface area contributed by atoms with Crippen LogP contribution in [-0.4, -0.2) is 39.7 Å². The molecule has 6 heteroatoms. The van der Waals surface area contributed by atoms with Gasteiger partial charge in [-0.25, -0.2) is 0 Å². The Labute approximate surface area is 267 Å². The molecule has 6 rings (SSSR count). The van der Waals surface area contributed by atoms with Crippen LogP contribution in [0.15, 0.2) is 24.3 Å². The first-order valence-electron chi connectivity index (χ1n) is 17.2. The van der Waals surface area contributed by atoms with E-state index in [1.54, 1.807) is 0 Å². The molecule has 3 aliphatic heterocycles. The monoisotopic (exact) mass is 619 g/mol. The lowest BCUT2D eigenvalue weighted by molar-refractivity contribution is -0.122. The van der Waals surface area contributed by atoms with Gasteiger partial charge in [0.25, 0.3) is 0 Å². The molecule has 5 nitrogen and oxygen atoms in total. The molecular formula is C38H57NO4Si. The van der Waals surface area contributed by atoms with Gasteiger partial charge in [-0.1, -0.05) is 79.7 Å². The summed E-state index contributed by atoms with van der Waals surface area (Å²) >= 11 is 0. The van der Waals surface area contributed by atoms with Crippen LogP contribution in [0.3, 0.4) is 0 Å². The Balaban J connectivity index is 1.60. The van der Waals surface area contributed by atoms with Crippen molar-refractivity contribution in [2.45, 2.75) is 141 Å². The van der Waals surface area contributed by atoms with Crippen molar-refractivity contribution in [2.75, 3.05) is 26.4 Å². The fraction of sp³-hybridized carbons (Fsp3) is 0.711. The normalized spacial score (nSPS) is 25.6. The van der Waals surface area contributed by atoms with Gasteiger partial charge in [0.05, 0.1) is 17.4 Å². The molecule has 1 spiro atoms. The van der Waals surface area contributed by atoms with Crippen LogP contribution in [-0.2, 0) is 36.1 Å². The highest BCUT2D eigenvalue weighted by atomic mass is 28.4. The lowest BCUT2D eigenvalue weighted by Gasteiger charge is -2.46. The van der Waals surface area contributed by atoms with E-state index in [0.717, 1.165) is 65.0 Å². The summed E-state index contributed by atoms with van der Waals surface area (Å²) < 4.78 is 26.8. The van der Waals surface area contributed by atoms with Crippen LogP contribution in [0.4, 0.5) is 0 Å². The molecule has 1 aromatic heterocycles. The summed E-state index contributed by atoms with van der Waals surface area (Å²) in [5.74, 6) is 0.377. The standard InChI is InChI=1S/C38H57NO4Si/c1-35(2,3)27-13-11-26(12-14-27)34-31-32(38(42-34)17-21-41-22-18-38)30-28(39-33(31)25-15-19-40-20-16-25)23-37(7,8)24-29(30)43-44(9,10)36(4,5)6/h11-14,25,29,34H,15-24H2,1-10H3. The zero-order valence-electron chi connectivity index (χ0n) is 29.2. The van der Waals surface area contributed by atoms with Gasteiger partial charge < -0.3 is 18.6 Å². The number of hydrogen-bond acceptors (Lipinski definition) is 5. The van der Waals surface area contributed by atoms with Gasteiger partial charge in [0.1, 0.15) is 6.10 Å². The van der Waals surface area contributed by atoms with Crippen LogP contribution in [0.2, 0.25) is 18.1 Å². The summed E-state index contributed by atoms with van der Waals surface area (Å²) in [5.41, 5.74) is 9.03. The van der Waals surface area contributed by atoms with E-state index in [1.165, 1.54) is 39.2 Å². The molecule has 2 saturated heterocycles. The predicted octanol–water partition coefficient (Wildman–Crippen LogP) is 9.43. The van der Waals surface area contributed by atoms with Crippen LogP contribution in [0.25, 0.3) is 0 Å². The predicted molar refractivity (Wildman–Crippen MR) is 180 cm³/mol. The first-order chi connectivity index (χ1) is 20.5. The molecule has 4 heterocycles. The molecule has 1 aliphatic carbocycles. The minimum Gasteiger partial charge on any atom is -0.410 e. The van der Waals surface area contributed by atoms with Crippen molar-refractivity contribution in [3.05, 3.63) is 63.5 Å². The number of ether oxygens (including phenoxy) is 3. The summed E-state index contributed by atoms with van der Waals surface area (Å²) in [7, 11) is -2.08. The van der Waals surface area contributed by atoms with Crippen LogP contribution >= 0.6 is 0 Å². The fourth-order valence-corrected chi connectivity index (χ4v) is 9.04. The van der Waals surface area contributed by atoms with Gasteiger partial charge in [0.2, 0.25) is 0 Å². The number of aromatic nitrogens is 1. The topological polar surface area (TPSA) is 49.8 Å². The zero-order valence-corrected chi connectivity index (χ0v) is 30.2. The second-order valence-corrected chi connectivity index (χ2v) is 22.2. The second-order valence-electron chi connectivity index (χ2n) is 17.4. The Morgan fingerprint density at radius 2 is 1.48 bits per heavy atom. The first kappa shape index (κ1) is 32.4. The van der Waals surface area contributed by atoms with Crippen LogP contribution in [0.5, 0.6) is 0 Å². The maximum atomic E-state index is 7.47. The van der Waals surface area contributed by atoms with Crippen molar-refractivity contribution in [1.82, 2.24) is 4.98 Å². The average Bonchev–Trinajstić information content (AvgIpc) is 3.25. The van der Waals surface area contributed by atoms with Gasteiger partial charge in [0, 0.05) is 62.0 Å². The van der Waals surface area contributed by atoms with Gasteiger partial charge in [-0.2, -0.15) is 0 Å². The Kier molecular flexibility index (Phi) is 8.31. The van der Waals surface area contributed by atoms with Gasteiger partial charge in [-0.3, -0.25) is 4.98 Å². The Morgan fingerprint density at radius 3 is 2.07 bits per heavy atom. The fourth-order valence-electron chi connectivity index (χ4n) is 7.77. The number of benzene rings is 1. The van der Waals surface area contributed by atoms with Gasteiger partial charge >= 0.3 is 0 Å². The van der Waals surface area contributed by atoms with E-state index in [1.807, 2.05) is 0 Å². The summed E-state index contributed by atoms with van der Waals surface area (Å²) in [6, 6.07) is 9.24. The highest BCUT2D eigenvalue weighted by Crippen LogP contribution is 2.59. The average molecular weight is 620 g/mol. The van der Waals surface area contributed by atoms with Crippen molar-refractivity contribution in [2.24, 2.45) is 5.41 Å². The molecule has 0 amide bonds. The quantitative estimate of drug-likeness (QED) is 0.319. The lowest BCUT2D eigenvalue weighted by Crippen LogP contribution is -2.45. The molecule has 0 N–H and O–H groups in total. The minimum atomic E-state index is -2.08. The minimum absolute atomic E-state index is 0.0185. The van der Waals surface area contributed by atoms with E-state index in [9.17, 15) is 0 Å². The lowest BCUT2D eigenvalue weighted by atomic mass is 9.69.